The van der Waals surface area contributed by atoms with Crippen LogP contribution in [0.1, 0.15) is 40.1 Å². The number of nitrogens with one attached hydrogen (secondary N) is 2. The summed E-state index contributed by atoms with van der Waals surface area (Å²) in [5.41, 5.74) is 2.44. The Morgan fingerprint density at radius 2 is 1.76 bits per heavy atom. The van der Waals surface area contributed by atoms with Gasteiger partial charge in [-0.1, -0.05) is 43.3 Å². The van der Waals surface area contributed by atoms with Crippen LogP contribution in [-0.4, -0.2) is 76.8 Å². The van der Waals surface area contributed by atoms with Crippen LogP contribution in [0.15, 0.2) is 72.8 Å². The number of aromatic carboxylic acids is 1. The van der Waals surface area contributed by atoms with E-state index in [0.717, 1.165) is 5.56 Å². The molecule has 10 heteroatoms. The Labute approximate surface area is 239 Å². The first-order valence-corrected chi connectivity index (χ1v) is 13.5. The number of carboxylic acid groups (broad SMARTS) is 1. The number of hydrogen-bond acceptors (Lipinski definition) is 6. The van der Waals surface area contributed by atoms with Gasteiger partial charge in [0.15, 0.2) is 5.75 Å². The molecule has 0 saturated heterocycles. The number of urea groups is 1. The van der Waals surface area contributed by atoms with Crippen molar-refractivity contribution in [3.05, 3.63) is 89.5 Å². The quantitative estimate of drug-likeness (QED) is 0.305. The number of carbonyl (C=O) groups excluding carboxylic acids is 2. The summed E-state index contributed by atoms with van der Waals surface area (Å²) in [6.07, 6.45) is -0.376. The van der Waals surface area contributed by atoms with Gasteiger partial charge in [-0.3, -0.25) is 9.69 Å². The van der Waals surface area contributed by atoms with Crippen molar-refractivity contribution in [1.29, 1.82) is 0 Å². The number of likely N-dealkylation sites (N-methyl/N-ethyl adjacent to an activating group) is 1. The third kappa shape index (κ3) is 7.41. The maximum absolute atomic E-state index is 13.7. The molecule has 0 spiro atoms. The fourth-order valence-corrected chi connectivity index (χ4v) is 4.80. The van der Waals surface area contributed by atoms with Gasteiger partial charge in [0.05, 0.1) is 29.5 Å². The number of benzene rings is 3. The summed E-state index contributed by atoms with van der Waals surface area (Å²) in [5, 5.41) is 24.7. The van der Waals surface area contributed by atoms with Crippen LogP contribution in [0, 0.1) is 5.92 Å². The van der Waals surface area contributed by atoms with E-state index in [0.29, 0.717) is 36.6 Å². The molecule has 0 fully saturated rings. The average Bonchev–Trinajstić information content (AvgIpc) is 2.95. The van der Waals surface area contributed by atoms with E-state index in [9.17, 15) is 24.6 Å². The van der Waals surface area contributed by atoms with E-state index in [1.165, 1.54) is 0 Å². The highest BCUT2D eigenvalue weighted by atomic mass is 16.5. The summed E-state index contributed by atoms with van der Waals surface area (Å²) >= 11 is 0. The Morgan fingerprint density at radius 3 is 2.41 bits per heavy atom. The molecule has 3 aromatic carbocycles. The van der Waals surface area contributed by atoms with Crippen molar-refractivity contribution in [1.82, 2.24) is 9.80 Å². The van der Waals surface area contributed by atoms with E-state index in [2.05, 4.69) is 15.5 Å². The first-order valence-electron chi connectivity index (χ1n) is 13.5. The molecule has 0 saturated carbocycles. The Hall–Kier alpha value is -4.41. The fraction of sp³-hybridized carbons (Fsp3) is 0.323. The zero-order chi connectivity index (χ0) is 29.5. The number of ether oxygens (including phenoxy) is 1. The lowest BCUT2D eigenvalue weighted by Gasteiger charge is -2.38. The van der Waals surface area contributed by atoms with E-state index >= 15 is 0 Å². The lowest BCUT2D eigenvalue weighted by atomic mass is 9.98. The molecule has 3 atom stereocenters. The lowest BCUT2D eigenvalue weighted by molar-refractivity contribution is 0.0343. The number of rotatable bonds is 9. The zero-order valence-electron chi connectivity index (χ0n) is 23.4. The number of fused-ring (bicyclic) bond motifs is 1. The van der Waals surface area contributed by atoms with Gasteiger partial charge in [0.1, 0.15) is 6.10 Å². The highest BCUT2D eigenvalue weighted by Crippen LogP contribution is 2.35. The monoisotopic (exact) mass is 560 g/mol. The number of aliphatic hydroxyl groups is 1. The van der Waals surface area contributed by atoms with Crippen molar-refractivity contribution in [2.75, 3.05) is 37.4 Å². The largest absolute Gasteiger partial charge is 0.486 e. The van der Waals surface area contributed by atoms with Crippen molar-refractivity contribution in [3.63, 3.8) is 0 Å². The Bertz CT molecular complexity index is 1360. The number of para-hydroxylation sites is 2. The summed E-state index contributed by atoms with van der Waals surface area (Å²) in [5.74, 6) is -1.11. The van der Waals surface area contributed by atoms with Gasteiger partial charge in [-0.25, -0.2) is 9.59 Å². The maximum atomic E-state index is 13.7. The van der Waals surface area contributed by atoms with Gasteiger partial charge in [0.25, 0.3) is 5.91 Å². The van der Waals surface area contributed by atoms with Crippen LogP contribution in [0.4, 0.5) is 16.2 Å². The van der Waals surface area contributed by atoms with Crippen LogP contribution in [0.5, 0.6) is 5.75 Å². The van der Waals surface area contributed by atoms with Gasteiger partial charge in [-0.05, 0) is 55.9 Å². The number of amides is 3. The van der Waals surface area contributed by atoms with Crippen molar-refractivity contribution in [2.45, 2.75) is 32.5 Å². The Morgan fingerprint density at radius 1 is 1.05 bits per heavy atom. The molecule has 3 aromatic rings. The predicted octanol–water partition coefficient (Wildman–Crippen LogP) is 4.38. The normalized spacial score (nSPS) is 17.6. The molecule has 41 heavy (non-hydrogen) atoms. The van der Waals surface area contributed by atoms with Crippen LogP contribution >= 0.6 is 0 Å². The highest BCUT2D eigenvalue weighted by molar-refractivity contribution is 6.04. The van der Waals surface area contributed by atoms with E-state index in [4.69, 9.17) is 4.74 Å². The summed E-state index contributed by atoms with van der Waals surface area (Å²) in [7, 11) is 1.94. The van der Waals surface area contributed by atoms with Gasteiger partial charge >= 0.3 is 12.0 Å². The molecule has 0 unspecified atom stereocenters. The first-order chi connectivity index (χ1) is 19.7. The van der Waals surface area contributed by atoms with Gasteiger partial charge < -0.3 is 30.5 Å². The highest BCUT2D eigenvalue weighted by Gasteiger charge is 2.34. The summed E-state index contributed by atoms with van der Waals surface area (Å²) in [6, 6.07) is 19.9. The molecule has 4 N–H and O–H groups in total. The molecule has 0 aromatic heterocycles. The Kier molecular flexibility index (Phi) is 9.59. The minimum atomic E-state index is -0.974. The molecule has 4 rings (SSSR count). The van der Waals surface area contributed by atoms with Crippen LogP contribution in [-0.2, 0) is 6.54 Å². The molecule has 10 nitrogen and oxygen atoms in total. The molecule has 216 valence electrons. The first kappa shape index (κ1) is 29.6. The smallest absolute Gasteiger partial charge is 0.335 e. The number of carboxylic acids is 1. The molecular weight excluding hydrogens is 524 g/mol. The minimum absolute atomic E-state index is 0.121. The van der Waals surface area contributed by atoms with E-state index < -0.39 is 18.0 Å². The van der Waals surface area contributed by atoms with E-state index in [1.807, 2.05) is 32.2 Å². The van der Waals surface area contributed by atoms with Gasteiger partial charge in [0, 0.05) is 31.2 Å². The molecule has 3 amide bonds. The van der Waals surface area contributed by atoms with Crippen LogP contribution < -0.4 is 15.4 Å². The molecule has 0 aliphatic carbocycles. The maximum Gasteiger partial charge on any atom is 0.335 e. The van der Waals surface area contributed by atoms with E-state index in [1.54, 1.807) is 66.4 Å². The number of nitrogens with zero attached hydrogens (tertiary/aromatic N) is 2. The zero-order valence-corrected chi connectivity index (χ0v) is 23.4. The van der Waals surface area contributed by atoms with Crippen molar-refractivity contribution >= 4 is 29.3 Å². The van der Waals surface area contributed by atoms with Crippen molar-refractivity contribution in [2.24, 2.45) is 5.92 Å². The summed E-state index contributed by atoms with van der Waals surface area (Å²) < 4.78 is 6.55. The molecule has 1 aliphatic rings. The number of aliphatic hydroxyl groups excluding tert-OH is 1. The fourth-order valence-electron chi connectivity index (χ4n) is 4.80. The second kappa shape index (κ2) is 13.3. The van der Waals surface area contributed by atoms with E-state index in [-0.39, 0.29) is 35.8 Å². The molecule has 0 bridgehead atoms. The molecule has 1 heterocycles. The number of carbonyl (C=O) groups is 3. The molecule has 1 aliphatic heterocycles. The molecule has 0 radical (unpaired) electrons. The second-order valence-electron chi connectivity index (χ2n) is 10.4. The molecular formula is C31H36N4O6. The van der Waals surface area contributed by atoms with Crippen LogP contribution in [0.2, 0.25) is 0 Å². The standard InChI is InChI=1S/C31H36N4O6/c1-20-16-35(21(2)19-36)29(37)25-10-7-11-26(33-31(40)32-24-8-5-4-6-9-24)28(25)41-27(20)18-34(3)17-22-12-14-23(15-13-22)30(38)39/h4-15,20-21,27,36H,16-19H2,1-3H3,(H,38,39)(H2,32,33,40)/t20-,21-,27-/m0/s1. The minimum Gasteiger partial charge on any atom is -0.486 e. The van der Waals surface area contributed by atoms with Crippen LogP contribution in [0.25, 0.3) is 0 Å². The lowest BCUT2D eigenvalue weighted by Crippen LogP contribution is -2.49. The number of hydrogen-bond donors (Lipinski definition) is 4. The number of anilines is 2. The van der Waals surface area contributed by atoms with Crippen LogP contribution in [0.3, 0.4) is 0 Å². The predicted molar refractivity (Wildman–Crippen MR) is 156 cm³/mol. The van der Waals surface area contributed by atoms with Gasteiger partial charge in [-0.2, -0.15) is 0 Å². The average molecular weight is 561 g/mol. The van der Waals surface area contributed by atoms with Gasteiger partial charge in [0.2, 0.25) is 0 Å². The topological polar surface area (TPSA) is 131 Å². The summed E-state index contributed by atoms with van der Waals surface area (Å²) in [4.78, 5) is 41.4. The van der Waals surface area contributed by atoms with Gasteiger partial charge in [-0.15, -0.1) is 0 Å². The van der Waals surface area contributed by atoms with Crippen molar-refractivity contribution in [3.8, 4) is 5.75 Å². The third-order valence-corrected chi connectivity index (χ3v) is 7.12. The Balaban J connectivity index is 1.60. The summed E-state index contributed by atoms with van der Waals surface area (Å²) in [6.45, 7) is 5.01. The van der Waals surface area contributed by atoms with Crippen molar-refractivity contribution < 1.29 is 29.3 Å². The second-order valence-corrected chi connectivity index (χ2v) is 10.4. The third-order valence-electron chi connectivity index (χ3n) is 7.12. The SMILES string of the molecule is C[C@H]1CN([C@@H](C)CO)C(=O)c2cccc(NC(=O)Nc3ccccc3)c2O[C@H]1CN(C)Cc1ccc(C(=O)O)cc1.